The maximum absolute atomic E-state index is 11.1. The molecule has 0 fully saturated rings. The first kappa shape index (κ1) is 15.0. The average molecular weight is 301 g/mol. The van der Waals surface area contributed by atoms with E-state index in [9.17, 15) is 4.79 Å². The number of nitriles is 1. The predicted molar refractivity (Wildman–Crippen MR) is 75.3 cm³/mol. The summed E-state index contributed by atoms with van der Waals surface area (Å²) in [5.41, 5.74) is 0.704. The number of thioether (sulfide) groups is 1. The monoisotopic (exact) mass is 300 g/mol. The number of hydrogen-bond donors (Lipinski definition) is 1. The quantitative estimate of drug-likeness (QED) is 0.677. The van der Waals surface area contributed by atoms with E-state index in [1.165, 1.54) is 6.92 Å². The van der Waals surface area contributed by atoms with Gasteiger partial charge in [0.1, 0.15) is 0 Å². The van der Waals surface area contributed by atoms with Crippen molar-refractivity contribution in [2.75, 3.05) is 0 Å². The Hall–Kier alpha value is -1.02. The standard InChI is InChI=1S/C12H10Cl2N2OS/c1-7(17)8(5-15)12(16)18-6-9-10(13)3-2-4-11(9)14/h2-4,8,16H,6H2,1H3/t8-/m0/s1. The second-order valence-corrected chi connectivity index (χ2v) is 5.36. The lowest BCUT2D eigenvalue weighted by atomic mass is 10.1. The van der Waals surface area contributed by atoms with E-state index in [1.807, 2.05) is 0 Å². The zero-order chi connectivity index (χ0) is 13.7. The van der Waals surface area contributed by atoms with E-state index in [0.29, 0.717) is 21.4 Å². The van der Waals surface area contributed by atoms with Crippen LogP contribution in [0.1, 0.15) is 12.5 Å². The topological polar surface area (TPSA) is 64.7 Å². The van der Waals surface area contributed by atoms with Gasteiger partial charge in [-0.2, -0.15) is 5.26 Å². The molecule has 18 heavy (non-hydrogen) atoms. The number of halogens is 2. The van der Waals surface area contributed by atoms with Gasteiger partial charge in [-0.05, 0) is 24.6 Å². The second-order valence-electron chi connectivity index (χ2n) is 3.53. The molecule has 0 saturated heterocycles. The lowest BCUT2D eigenvalue weighted by molar-refractivity contribution is -0.117. The van der Waals surface area contributed by atoms with Crippen molar-refractivity contribution in [1.82, 2.24) is 0 Å². The van der Waals surface area contributed by atoms with Crippen molar-refractivity contribution in [1.29, 1.82) is 10.7 Å². The molecule has 1 atom stereocenters. The molecule has 0 radical (unpaired) electrons. The molecule has 0 heterocycles. The Balaban J connectivity index is 2.75. The lowest BCUT2D eigenvalue weighted by Gasteiger charge is -2.09. The molecular weight excluding hydrogens is 291 g/mol. The van der Waals surface area contributed by atoms with Gasteiger partial charge in [-0.3, -0.25) is 10.2 Å². The smallest absolute Gasteiger partial charge is 0.153 e. The summed E-state index contributed by atoms with van der Waals surface area (Å²) >= 11 is 13.1. The van der Waals surface area contributed by atoms with Crippen LogP contribution in [-0.4, -0.2) is 10.8 Å². The van der Waals surface area contributed by atoms with Gasteiger partial charge in [0, 0.05) is 15.8 Å². The summed E-state index contributed by atoms with van der Waals surface area (Å²) in [6.07, 6.45) is 0. The molecule has 1 aromatic rings. The fraction of sp³-hybridized carbons (Fsp3) is 0.250. The highest BCUT2D eigenvalue weighted by Crippen LogP contribution is 2.29. The number of rotatable bonds is 4. The Kier molecular flexibility index (Phi) is 5.67. The first-order valence-corrected chi connectivity index (χ1v) is 6.75. The maximum Gasteiger partial charge on any atom is 0.153 e. The molecule has 1 aromatic carbocycles. The van der Waals surface area contributed by atoms with Crippen molar-refractivity contribution in [3.8, 4) is 6.07 Å². The molecule has 0 saturated carbocycles. The van der Waals surface area contributed by atoms with Gasteiger partial charge in [0.15, 0.2) is 11.7 Å². The molecule has 1 rings (SSSR count). The average Bonchev–Trinajstić information content (AvgIpc) is 2.28. The highest BCUT2D eigenvalue weighted by Gasteiger charge is 2.20. The minimum Gasteiger partial charge on any atom is -0.298 e. The molecule has 94 valence electrons. The summed E-state index contributed by atoms with van der Waals surface area (Å²) < 4.78 is 0. The van der Waals surface area contributed by atoms with Crippen molar-refractivity contribution in [3.05, 3.63) is 33.8 Å². The normalized spacial score (nSPS) is 11.7. The molecule has 0 spiro atoms. The Morgan fingerprint density at radius 2 is 2.06 bits per heavy atom. The Bertz CT molecular complexity index is 505. The highest BCUT2D eigenvalue weighted by atomic mass is 35.5. The molecule has 0 aliphatic rings. The van der Waals surface area contributed by atoms with Crippen LogP contribution < -0.4 is 0 Å². The zero-order valence-electron chi connectivity index (χ0n) is 9.54. The van der Waals surface area contributed by atoms with Crippen LogP contribution >= 0.6 is 35.0 Å². The van der Waals surface area contributed by atoms with E-state index in [4.69, 9.17) is 33.9 Å². The van der Waals surface area contributed by atoms with Crippen molar-refractivity contribution >= 4 is 45.8 Å². The number of carbonyl (C=O) groups excluding carboxylic acids is 1. The number of carbonyl (C=O) groups is 1. The van der Waals surface area contributed by atoms with Gasteiger partial charge >= 0.3 is 0 Å². The molecule has 0 amide bonds. The lowest BCUT2D eigenvalue weighted by Crippen LogP contribution is -2.16. The molecule has 1 N–H and O–H groups in total. The Morgan fingerprint density at radius 1 is 1.50 bits per heavy atom. The Labute approximate surface area is 120 Å². The highest BCUT2D eigenvalue weighted by molar-refractivity contribution is 8.13. The molecule has 0 aliphatic carbocycles. The van der Waals surface area contributed by atoms with Gasteiger partial charge in [-0.25, -0.2) is 0 Å². The first-order valence-electron chi connectivity index (χ1n) is 5.01. The molecule has 0 unspecified atom stereocenters. The van der Waals surface area contributed by atoms with Crippen LogP contribution in [0, 0.1) is 22.7 Å². The second kappa shape index (κ2) is 6.79. The van der Waals surface area contributed by atoms with E-state index in [0.717, 1.165) is 11.8 Å². The molecule has 0 bridgehead atoms. The van der Waals surface area contributed by atoms with Crippen molar-refractivity contribution in [2.24, 2.45) is 5.92 Å². The molecule has 6 heteroatoms. The van der Waals surface area contributed by atoms with Crippen LogP contribution in [0.4, 0.5) is 0 Å². The van der Waals surface area contributed by atoms with Gasteiger partial charge in [0.05, 0.1) is 11.1 Å². The van der Waals surface area contributed by atoms with Crippen LogP contribution in [0.25, 0.3) is 0 Å². The number of hydrogen-bond acceptors (Lipinski definition) is 4. The van der Waals surface area contributed by atoms with E-state index in [-0.39, 0.29) is 10.8 Å². The van der Waals surface area contributed by atoms with Gasteiger partial charge < -0.3 is 0 Å². The number of nitrogens with zero attached hydrogens (tertiary/aromatic N) is 1. The van der Waals surface area contributed by atoms with Crippen molar-refractivity contribution in [2.45, 2.75) is 12.7 Å². The van der Waals surface area contributed by atoms with Crippen LogP contribution in [0.5, 0.6) is 0 Å². The maximum atomic E-state index is 11.1. The number of nitrogens with one attached hydrogen (secondary N) is 1. The third-order valence-electron chi connectivity index (χ3n) is 2.23. The van der Waals surface area contributed by atoms with Gasteiger partial charge in [-0.15, -0.1) is 11.8 Å². The fourth-order valence-electron chi connectivity index (χ4n) is 1.24. The van der Waals surface area contributed by atoms with E-state index >= 15 is 0 Å². The van der Waals surface area contributed by atoms with Crippen LogP contribution in [0.15, 0.2) is 18.2 Å². The first-order chi connectivity index (χ1) is 8.47. The van der Waals surface area contributed by atoms with E-state index < -0.39 is 5.92 Å². The van der Waals surface area contributed by atoms with Gasteiger partial charge in [0.25, 0.3) is 0 Å². The third-order valence-corrected chi connectivity index (χ3v) is 3.92. The number of Topliss-reactive ketones (excluding diaryl/α,β-unsaturated/α-hetero) is 1. The summed E-state index contributed by atoms with van der Waals surface area (Å²) in [5, 5.41) is 17.5. The number of benzene rings is 1. The van der Waals surface area contributed by atoms with Crippen LogP contribution in [-0.2, 0) is 10.5 Å². The van der Waals surface area contributed by atoms with E-state index in [1.54, 1.807) is 24.3 Å². The van der Waals surface area contributed by atoms with E-state index in [2.05, 4.69) is 0 Å². The van der Waals surface area contributed by atoms with Crippen LogP contribution in [0.3, 0.4) is 0 Å². The Morgan fingerprint density at radius 3 is 2.50 bits per heavy atom. The fourth-order valence-corrected chi connectivity index (χ4v) is 2.92. The minimum atomic E-state index is -1.00. The third kappa shape index (κ3) is 3.74. The molecule has 0 aliphatic heterocycles. The summed E-state index contributed by atoms with van der Waals surface area (Å²) in [6, 6.07) is 6.96. The summed E-state index contributed by atoms with van der Waals surface area (Å²) in [7, 11) is 0. The zero-order valence-corrected chi connectivity index (χ0v) is 11.9. The molecular formula is C12H10Cl2N2OS. The predicted octanol–water partition coefficient (Wildman–Crippen LogP) is 3.93. The summed E-state index contributed by atoms with van der Waals surface area (Å²) in [5.74, 6) is -0.973. The van der Waals surface area contributed by atoms with Crippen molar-refractivity contribution < 1.29 is 4.79 Å². The minimum absolute atomic E-state index is 0.0148. The van der Waals surface area contributed by atoms with Gasteiger partial charge in [0.2, 0.25) is 0 Å². The summed E-state index contributed by atoms with van der Waals surface area (Å²) in [6.45, 7) is 1.30. The van der Waals surface area contributed by atoms with Crippen LogP contribution in [0.2, 0.25) is 10.0 Å². The van der Waals surface area contributed by atoms with Crippen molar-refractivity contribution in [3.63, 3.8) is 0 Å². The molecule has 0 aromatic heterocycles. The molecule has 3 nitrogen and oxygen atoms in total. The van der Waals surface area contributed by atoms with Gasteiger partial charge in [-0.1, -0.05) is 29.3 Å². The number of ketones is 1. The largest absolute Gasteiger partial charge is 0.298 e. The summed E-state index contributed by atoms with van der Waals surface area (Å²) in [4.78, 5) is 11.1. The SMILES string of the molecule is CC(=O)[C@H](C#N)C(=N)SCc1c(Cl)cccc1Cl.